The van der Waals surface area contributed by atoms with Crippen LogP contribution < -0.4 is 5.32 Å². The average Bonchev–Trinajstić information content (AvgIpc) is 2.38. The number of halogens is 4. The van der Waals surface area contributed by atoms with E-state index in [1.54, 1.807) is 38.1 Å². The van der Waals surface area contributed by atoms with Gasteiger partial charge in [0.15, 0.2) is 0 Å². The number of carbonyl (C=O) groups excluding carboxylic acids is 1. The van der Waals surface area contributed by atoms with Crippen molar-refractivity contribution in [3.05, 3.63) is 34.9 Å². The molecule has 2 unspecified atom stereocenters. The Hall–Kier alpha value is -1.76. The number of hydrogen-bond acceptors (Lipinski definition) is 2. The van der Waals surface area contributed by atoms with Crippen LogP contribution in [0, 0.1) is 5.92 Å². The maximum atomic E-state index is 12.4. The first-order chi connectivity index (χ1) is 10.5. The predicted octanol–water partition coefficient (Wildman–Crippen LogP) is 3.60. The highest BCUT2D eigenvalue weighted by Crippen LogP contribution is 2.27. The number of benzene rings is 1. The maximum Gasteiger partial charge on any atom is 0.391 e. The zero-order valence-electron chi connectivity index (χ0n) is 12.5. The van der Waals surface area contributed by atoms with Gasteiger partial charge in [0.05, 0.1) is 12.3 Å². The highest BCUT2D eigenvalue weighted by molar-refractivity contribution is 6.30. The Labute approximate surface area is 136 Å². The summed E-state index contributed by atoms with van der Waals surface area (Å²) in [7, 11) is 0. The molecule has 1 aromatic rings. The minimum Gasteiger partial charge on any atom is -0.480 e. The average molecular weight is 352 g/mol. The standard InChI is InChI=1S/C15H17ClF3NO3/c1-8(2)12(9-3-5-10(16)6-4-9)13(21)20-11(14(22)23)7-15(17,18)19/h3-6,8,11-12H,7H2,1-2H3,(H,20,21)(H,22,23). The van der Waals surface area contributed by atoms with Crippen LogP contribution in [0.15, 0.2) is 24.3 Å². The number of aliphatic carboxylic acids is 1. The van der Waals surface area contributed by atoms with Gasteiger partial charge in [-0.15, -0.1) is 0 Å². The molecule has 0 aliphatic carbocycles. The molecule has 23 heavy (non-hydrogen) atoms. The molecule has 0 heterocycles. The molecule has 2 N–H and O–H groups in total. The van der Waals surface area contributed by atoms with E-state index >= 15 is 0 Å². The van der Waals surface area contributed by atoms with Gasteiger partial charge in [-0.25, -0.2) is 4.79 Å². The maximum absolute atomic E-state index is 12.4. The Kier molecular flexibility index (Phi) is 6.44. The third kappa shape index (κ3) is 6.09. The summed E-state index contributed by atoms with van der Waals surface area (Å²) in [5.41, 5.74) is 0.554. The number of amides is 1. The summed E-state index contributed by atoms with van der Waals surface area (Å²) in [6.07, 6.45) is -6.32. The van der Waals surface area contributed by atoms with Gasteiger partial charge in [-0.1, -0.05) is 37.6 Å². The summed E-state index contributed by atoms with van der Waals surface area (Å²) in [4.78, 5) is 23.3. The van der Waals surface area contributed by atoms with E-state index in [1.807, 2.05) is 5.32 Å². The van der Waals surface area contributed by atoms with E-state index in [2.05, 4.69) is 0 Å². The second-order valence-corrected chi connectivity index (χ2v) is 5.93. The molecular weight excluding hydrogens is 335 g/mol. The van der Waals surface area contributed by atoms with E-state index in [4.69, 9.17) is 16.7 Å². The van der Waals surface area contributed by atoms with E-state index in [1.165, 1.54) is 0 Å². The largest absolute Gasteiger partial charge is 0.480 e. The molecule has 4 nitrogen and oxygen atoms in total. The molecule has 0 aromatic heterocycles. The number of rotatable bonds is 6. The number of carbonyl (C=O) groups is 2. The SMILES string of the molecule is CC(C)C(C(=O)NC(CC(F)(F)F)C(=O)O)c1ccc(Cl)cc1. The third-order valence-electron chi connectivity index (χ3n) is 3.23. The van der Waals surface area contributed by atoms with Crippen molar-refractivity contribution < 1.29 is 27.9 Å². The Morgan fingerprint density at radius 1 is 1.22 bits per heavy atom. The first-order valence-electron chi connectivity index (χ1n) is 6.86. The number of carboxylic acid groups (broad SMARTS) is 1. The second kappa shape index (κ2) is 7.68. The van der Waals surface area contributed by atoms with Crippen LogP contribution in [0.5, 0.6) is 0 Å². The third-order valence-corrected chi connectivity index (χ3v) is 3.48. The van der Waals surface area contributed by atoms with E-state index < -0.39 is 36.4 Å². The first-order valence-corrected chi connectivity index (χ1v) is 7.24. The molecule has 2 atom stereocenters. The molecule has 1 rings (SSSR count). The van der Waals surface area contributed by atoms with Crippen molar-refractivity contribution >= 4 is 23.5 Å². The molecular formula is C15H17ClF3NO3. The molecule has 0 saturated heterocycles. The highest BCUT2D eigenvalue weighted by Gasteiger charge is 2.37. The van der Waals surface area contributed by atoms with E-state index in [0.717, 1.165) is 0 Å². The molecule has 0 saturated carbocycles. The summed E-state index contributed by atoms with van der Waals surface area (Å²) < 4.78 is 37.2. The van der Waals surface area contributed by atoms with Crippen molar-refractivity contribution in [3.8, 4) is 0 Å². The molecule has 0 radical (unpaired) electrons. The zero-order valence-corrected chi connectivity index (χ0v) is 13.3. The van der Waals surface area contributed by atoms with Gasteiger partial charge in [0, 0.05) is 5.02 Å². The summed E-state index contributed by atoms with van der Waals surface area (Å²) >= 11 is 5.77. The lowest BCUT2D eigenvalue weighted by Gasteiger charge is -2.24. The van der Waals surface area contributed by atoms with Gasteiger partial charge in [-0.2, -0.15) is 13.2 Å². The van der Waals surface area contributed by atoms with E-state index in [9.17, 15) is 22.8 Å². The number of alkyl halides is 3. The Balaban J connectivity index is 2.97. The second-order valence-electron chi connectivity index (χ2n) is 5.49. The predicted molar refractivity (Wildman–Crippen MR) is 79.3 cm³/mol. The fourth-order valence-corrected chi connectivity index (χ4v) is 2.33. The topological polar surface area (TPSA) is 66.4 Å². The smallest absolute Gasteiger partial charge is 0.391 e. The molecule has 0 aliphatic rings. The minimum atomic E-state index is -4.69. The van der Waals surface area contributed by atoms with Crippen molar-refractivity contribution in [2.24, 2.45) is 5.92 Å². The Morgan fingerprint density at radius 3 is 2.13 bits per heavy atom. The lowest BCUT2D eigenvalue weighted by atomic mass is 9.87. The molecule has 8 heteroatoms. The summed E-state index contributed by atoms with van der Waals surface area (Å²) in [6, 6.07) is 4.28. The first kappa shape index (κ1) is 19.3. The van der Waals surface area contributed by atoms with Crippen molar-refractivity contribution in [2.75, 3.05) is 0 Å². The van der Waals surface area contributed by atoms with Crippen LogP contribution in [0.3, 0.4) is 0 Å². The van der Waals surface area contributed by atoms with Gasteiger partial charge in [-0.3, -0.25) is 4.79 Å². The molecule has 0 spiro atoms. The zero-order chi connectivity index (χ0) is 17.8. The Bertz CT molecular complexity index is 558. The van der Waals surface area contributed by atoms with Crippen LogP contribution in [-0.4, -0.2) is 29.2 Å². The van der Waals surface area contributed by atoms with Crippen LogP contribution >= 0.6 is 11.6 Å². The Morgan fingerprint density at radius 2 is 1.74 bits per heavy atom. The lowest BCUT2D eigenvalue weighted by molar-refractivity contribution is -0.160. The van der Waals surface area contributed by atoms with Crippen LogP contribution in [-0.2, 0) is 9.59 Å². The summed E-state index contributed by atoms with van der Waals surface area (Å²) in [6.45, 7) is 3.44. The van der Waals surface area contributed by atoms with E-state index in [0.29, 0.717) is 10.6 Å². The number of hydrogen-bond donors (Lipinski definition) is 2. The van der Waals surface area contributed by atoms with Crippen molar-refractivity contribution in [3.63, 3.8) is 0 Å². The minimum absolute atomic E-state index is 0.239. The highest BCUT2D eigenvalue weighted by atomic mass is 35.5. The van der Waals surface area contributed by atoms with Gasteiger partial charge in [0.25, 0.3) is 0 Å². The molecule has 0 fully saturated rings. The quantitative estimate of drug-likeness (QED) is 0.823. The van der Waals surface area contributed by atoms with Crippen molar-refractivity contribution in [1.29, 1.82) is 0 Å². The molecule has 1 aromatic carbocycles. The normalized spacial score (nSPS) is 14.4. The fraction of sp³-hybridized carbons (Fsp3) is 0.467. The summed E-state index contributed by atoms with van der Waals surface area (Å²) in [5.74, 6) is -3.51. The molecule has 0 bridgehead atoms. The van der Waals surface area contributed by atoms with Crippen LogP contribution in [0.2, 0.25) is 5.02 Å². The summed E-state index contributed by atoms with van der Waals surface area (Å²) in [5, 5.41) is 11.3. The van der Waals surface area contributed by atoms with Crippen molar-refractivity contribution in [2.45, 2.75) is 38.4 Å². The van der Waals surface area contributed by atoms with Crippen LogP contribution in [0.25, 0.3) is 0 Å². The fourth-order valence-electron chi connectivity index (χ4n) is 2.20. The van der Waals surface area contributed by atoms with Gasteiger partial charge >= 0.3 is 12.1 Å². The van der Waals surface area contributed by atoms with Crippen LogP contribution in [0.1, 0.15) is 31.7 Å². The molecule has 0 aliphatic heterocycles. The van der Waals surface area contributed by atoms with Gasteiger partial charge < -0.3 is 10.4 Å². The van der Waals surface area contributed by atoms with Gasteiger partial charge in [0.1, 0.15) is 6.04 Å². The molecule has 128 valence electrons. The lowest BCUT2D eigenvalue weighted by Crippen LogP contribution is -2.46. The monoisotopic (exact) mass is 351 g/mol. The van der Waals surface area contributed by atoms with Gasteiger partial charge in [-0.05, 0) is 23.6 Å². The van der Waals surface area contributed by atoms with Crippen LogP contribution in [0.4, 0.5) is 13.2 Å². The van der Waals surface area contributed by atoms with E-state index in [-0.39, 0.29) is 5.92 Å². The van der Waals surface area contributed by atoms with Crippen molar-refractivity contribution in [1.82, 2.24) is 5.32 Å². The number of carboxylic acids is 1. The number of nitrogens with one attached hydrogen (secondary N) is 1. The van der Waals surface area contributed by atoms with Gasteiger partial charge in [0.2, 0.25) is 5.91 Å². The molecule has 1 amide bonds.